The molecule has 1 fully saturated rings. The van der Waals surface area contributed by atoms with Gasteiger partial charge in [0.1, 0.15) is 0 Å². The van der Waals surface area contributed by atoms with Crippen molar-refractivity contribution in [2.75, 3.05) is 0 Å². The molecular weight excluding hydrogens is 242 g/mol. The van der Waals surface area contributed by atoms with Gasteiger partial charge < -0.3 is 5.32 Å². The molecular formula is C16H24ClN. The van der Waals surface area contributed by atoms with Gasteiger partial charge in [-0.15, -0.1) is 0 Å². The summed E-state index contributed by atoms with van der Waals surface area (Å²) in [6, 6.07) is 8.78. The van der Waals surface area contributed by atoms with Crippen LogP contribution in [0.25, 0.3) is 0 Å². The first-order valence-corrected chi connectivity index (χ1v) is 7.32. The van der Waals surface area contributed by atoms with E-state index in [1.165, 1.54) is 24.8 Å². The Hall–Kier alpha value is -0.530. The lowest BCUT2D eigenvalue weighted by atomic mass is 9.70. The van der Waals surface area contributed by atoms with Gasteiger partial charge in [0.15, 0.2) is 0 Å². The number of benzene rings is 1. The molecule has 0 amide bonds. The van der Waals surface area contributed by atoms with Gasteiger partial charge in [-0.2, -0.15) is 0 Å². The Balaban J connectivity index is 1.87. The zero-order valence-electron chi connectivity index (χ0n) is 11.7. The zero-order valence-corrected chi connectivity index (χ0v) is 12.4. The lowest BCUT2D eigenvalue weighted by Crippen LogP contribution is -2.41. The van der Waals surface area contributed by atoms with Gasteiger partial charge in [0, 0.05) is 17.6 Å². The minimum atomic E-state index is 0.521. The summed E-state index contributed by atoms with van der Waals surface area (Å²) in [5.41, 5.74) is 1.80. The molecule has 0 aliphatic heterocycles. The van der Waals surface area contributed by atoms with Crippen LogP contribution in [0.5, 0.6) is 0 Å². The molecule has 1 aliphatic rings. The van der Waals surface area contributed by atoms with Gasteiger partial charge in [-0.05, 0) is 48.3 Å². The Morgan fingerprint density at radius 3 is 2.83 bits per heavy atom. The first kappa shape index (κ1) is 13.9. The Morgan fingerprint density at radius 1 is 1.39 bits per heavy atom. The number of nitrogens with one attached hydrogen (secondary N) is 1. The summed E-state index contributed by atoms with van der Waals surface area (Å²) in [6.45, 7) is 8.07. The third kappa shape index (κ3) is 3.73. The number of hydrogen-bond donors (Lipinski definition) is 1. The van der Waals surface area contributed by atoms with E-state index in [1.807, 2.05) is 18.2 Å². The normalized spacial score (nSPS) is 27.1. The highest BCUT2D eigenvalue weighted by atomic mass is 35.5. The van der Waals surface area contributed by atoms with E-state index in [9.17, 15) is 0 Å². The lowest BCUT2D eigenvalue weighted by molar-refractivity contribution is 0.148. The van der Waals surface area contributed by atoms with Crippen LogP contribution in [-0.4, -0.2) is 6.04 Å². The zero-order chi connectivity index (χ0) is 13.2. The van der Waals surface area contributed by atoms with E-state index in [4.69, 9.17) is 11.6 Å². The van der Waals surface area contributed by atoms with E-state index >= 15 is 0 Å². The topological polar surface area (TPSA) is 12.0 Å². The highest BCUT2D eigenvalue weighted by Gasteiger charge is 2.31. The molecule has 0 heterocycles. The van der Waals surface area contributed by atoms with Gasteiger partial charge in [-0.25, -0.2) is 0 Å². The first-order chi connectivity index (χ1) is 8.46. The fourth-order valence-electron chi connectivity index (χ4n) is 3.15. The molecule has 2 unspecified atom stereocenters. The first-order valence-electron chi connectivity index (χ1n) is 6.94. The van der Waals surface area contributed by atoms with Crippen molar-refractivity contribution in [2.24, 2.45) is 11.3 Å². The Morgan fingerprint density at radius 2 is 2.17 bits per heavy atom. The monoisotopic (exact) mass is 265 g/mol. The number of rotatable bonds is 3. The highest BCUT2D eigenvalue weighted by molar-refractivity contribution is 6.30. The second-order valence-electron chi connectivity index (χ2n) is 6.50. The Bertz CT molecular complexity index is 400. The van der Waals surface area contributed by atoms with Gasteiger partial charge in [0.2, 0.25) is 0 Å². The molecule has 1 aliphatic carbocycles. The van der Waals surface area contributed by atoms with Crippen LogP contribution in [0.2, 0.25) is 5.02 Å². The van der Waals surface area contributed by atoms with Gasteiger partial charge in [-0.3, -0.25) is 0 Å². The van der Waals surface area contributed by atoms with Crippen molar-refractivity contribution in [1.82, 2.24) is 5.32 Å². The van der Waals surface area contributed by atoms with E-state index in [-0.39, 0.29) is 0 Å². The quantitative estimate of drug-likeness (QED) is 0.839. The maximum absolute atomic E-state index is 6.00. The molecule has 0 radical (unpaired) electrons. The predicted molar refractivity (Wildman–Crippen MR) is 78.9 cm³/mol. The summed E-state index contributed by atoms with van der Waals surface area (Å²) in [5.74, 6) is 0.757. The molecule has 2 heteroatoms. The lowest BCUT2D eigenvalue weighted by Gasteiger charge is -2.39. The van der Waals surface area contributed by atoms with Crippen LogP contribution < -0.4 is 5.32 Å². The van der Waals surface area contributed by atoms with Crippen molar-refractivity contribution in [2.45, 2.75) is 52.6 Å². The molecule has 1 aromatic carbocycles. The molecule has 0 spiro atoms. The van der Waals surface area contributed by atoms with E-state index in [1.54, 1.807) is 0 Å². The van der Waals surface area contributed by atoms with Crippen molar-refractivity contribution in [1.29, 1.82) is 0 Å². The van der Waals surface area contributed by atoms with E-state index in [2.05, 4.69) is 32.2 Å². The third-order valence-corrected chi connectivity index (χ3v) is 4.39. The van der Waals surface area contributed by atoms with Crippen molar-refractivity contribution in [3.63, 3.8) is 0 Å². The Kier molecular flexibility index (Phi) is 4.34. The smallest absolute Gasteiger partial charge is 0.0409 e. The fraction of sp³-hybridized carbons (Fsp3) is 0.625. The molecule has 18 heavy (non-hydrogen) atoms. The summed E-state index contributed by atoms with van der Waals surface area (Å²) >= 11 is 6.00. The Labute approximate surface area is 116 Å². The van der Waals surface area contributed by atoms with Crippen LogP contribution in [0.15, 0.2) is 24.3 Å². The van der Waals surface area contributed by atoms with Gasteiger partial charge >= 0.3 is 0 Å². The summed E-state index contributed by atoms with van der Waals surface area (Å²) in [4.78, 5) is 0. The molecule has 100 valence electrons. The van der Waals surface area contributed by atoms with Crippen molar-refractivity contribution in [3.8, 4) is 0 Å². The molecule has 0 bridgehead atoms. The molecule has 2 atom stereocenters. The predicted octanol–water partition coefficient (Wildman–Crippen LogP) is 4.64. The second-order valence-corrected chi connectivity index (χ2v) is 6.94. The second kappa shape index (κ2) is 5.63. The molecule has 2 rings (SSSR count). The van der Waals surface area contributed by atoms with Crippen molar-refractivity contribution >= 4 is 11.6 Å². The van der Waals surface area contributed by atoms with Crippen LogP contribution in [0, 0.1) is 11.3 Å². The maximum Gasteiger partial charge on any atom is 0.0409 e. The van der Waals surface area contributed by atoms with E-state index < -0.39 is 0 Å². The number of hydrogen-bond acceptors (Lipinski definition) is 1. The molecule has 1 aromatic rings. The van der Waals surface area contributed by atoms with Crippen LogP contribution in [0.1, 0.15) is 45.6 Å². The van der Waals surface area contributed by atoms with Crippen molar-refractivity contribution < 1.29 is 0 Å². The van der Waals surface area contributed by atoms with Gasteiger partial charge in [-0.1, -0.05) is 44.5 Å². The van der Waals surface area contributed by atoms with Gasteiger partial charge in [0.25, 0.3) is 0 Å². The van der Waals surface area contributed by atoms with Crippen LogP contribution >= 0.6 is 11.6 Å². The minimum absolute atomic E-state index is 0.521. The van der Waals surface area contributed by atoms with Crippen LogP contribution in [0.4, 0.5) is 0 Å². The maximum atomic E-state index is 6.00. The fourth-order valence-corrected chi connectivity index (χ4v) is 3.36. The van der Waals surface area contributed by atoms with E-state index in [0.717, 1.165) is 17.5 Å². The highest BCUT2D eigenvalue weighted by Crippen LogP contribution is 2.38. The molecule has 0 aromatic heterocycles. The van der Waals surface area contributed by atoms with Crippen molar-refractivity contribution in [3.05, 3.63) is 34.9 Å². The summed E-state index contributed by atoms with van der Waals surface area (Å²) in [6.07, 6.45) is 3.93. The van der Waals surface area contributed by atoms with Crippen LogP contribution in [-0.2, 0) is 6.54 Å². The average molecular weight is 266 g/mol. The summed E-state index contributed by atoms with van der Waals surface area (Å²) < 4.78 is 0. The molecule has 1 saturated carbocycles. The largest absolute Gasteiger partial charge is 0.310 e. The molecule has 1 nitrogen and oxygen atoms in total. The SMILES string of the molecule is CC1CC(C)(C)CCC1NCc1cccc(Cl)c1. The average Bonchev–Trinajstić information content (AvgIpc) is 2.27. The van der Waals surface area contributed by atoms with Crippen LogP contribution in [0.3, 0.4) is 0 Å². The summed E-state index contributed by atoms with van der Waals surface area (Å²) in [7, 11) is 0. The standard InChI is InChI=1S/C16H24ClN/c1-12-10-16(2,3)8-7-15(12)18-11-13-5-4-6-14(17)9-13/h4-6,9,12,15,18H,7-8,10-11H2,1-3H3. The number of halogens is 1. The molecule has 0 saturated heterocycles. The summed E-state index contributed by atoms with van der Waals surface area (Å²) in [5, 5.41) is 4.52. The van der Waals surface area contributed by atoms with E-state index in [0.29, 0.717) is 11.5 Å². The third-order valence-electron chi connectivity index (χ3n) is 4.15. The molecule has 1 N–H and O–H groups in total. The minimum Gasteiger partial charge on any atom is -0.310 e. The van der Waals surface area contributed by atoms with Gasteiger partial charge in [0.05, 0.1) is 0 Å².